The van der Waals surface area contributed by atoms with Crippen LogP contribution in [0, 0.1) is 0 Å². The van der Waals surface area contributed by atoms with E-state index in [9.17, 15) is 0 Å². The molecule has 28 heavy (non-hydrogen) atoms. The van der Waals surface area contributed by atoms with Gasteiger partial charge < -0.3 is 0 Å². The second-order valence-electron chi connectivity index (χ2n) is 10.3. The van der Waals surface area contributed by atoms with Gasteiger partial charge >= 0.3 is 0 Å². The summed E-state index contributed by atoms with van der Waals surface area (Å²) in [5.41, 5.74) is 2.72. The van der Waals surface area contributed by atoms with E-state index in [0.29, 0.717) is 0 Å². The van der Waals surface area contributed by atoms with E-state index in [1.807, 2.05) is 0 Å². The number of hydrogen-bond donors (Lipinski definition) is 0. The van der Waals surface area contributed by atoms with Crippen LogP contribution in [0.1, 0.15) is 151 Å². The molecule has 0 unspecified atom stereocenters. The monoisotopic (exact) mass is 413 g/mol. The Labute approximate surface area is 181 Å². The van der Waals surface area contributed by atoms with Crippen molar-refractivity contribution in [3.8, 4) is 0 Å². The first-order valence-electron chi connectivity index (χ1n) is 13.3. The van der Waals surface area contributed by atoms with Gasteiger partial charge in [0.15, 0.2) is 0 Å². The topological polar surface area (TPSA) is 0 Å². The van der Waals surface area contributed by atoms with E-state index in [2.05, 4.69) is 48.5 Å². The first-order chi connectivity index (χ1) is 13.4. The smallest absolute Gasteiger partial charge is 0.0646 e. The van der Waals surface area contributed by atoms with Gasteiger partial charge in [-0.15, -0.1) is 0 Å². The second kappa shape index (κ2) is 18.2. The maximum absolute atomic E-state index is 2.50. The van der Waals surface area contributed by atoms with Gasteiger partial charge in [-0.25, -0.2) is 0 Å². The maximum Gasteiger partial charge on any atom is 0.0646 e. The summed E-state index contributed by atoms with van der Waals surface area (Å²) >= 11 is 0. The SMILES string of the molecule is CCCCCCCCCCCCCCCCCC[P+](C(C)C)(C(C)C)C(C)C. The van der Waals surface area contributed by atoms with Crippen LogP contribution in [0.5, 0.6) is 0 Å². The molecule has 0 bridgehead atoms. The quantitative estimate of drug-likeness (QED) is 0.137. The highest BCUT2D eigenvalue weighted by molar-refractivity contribution is 7.77. The first kappa shape index (κ1) is 28.4. The van der Waals surface area contributed by atoms with Crippen LogP contribution in [-0.2, 0) is 0 Å². The van der Waals surface area contributed by atoms with Crippen molar-refractivity contribution in [2.75, 3.05) is 6.16 Å². The predicted octanol–water partition coefficient (Wildman–Crippen LogP) is 10.5. The molecule has 0 aromatic rings. The summed E-state index contributed by atoms with van der Waals surface area (Å²) in [7, 11) is -0.800. The molecule has 0 radical (unpaired) electrons. The Balaban J connectivity index is 3.55. The van der Waals surface area contributed by atoms with E-state index in [0.717, 1.165) is 17.0 Å². The van der Waals surface area contributed by atoms with Gasteiger partial charge in [0.2, 0.25) is 0 Å². The van der Waals surface area contributed by atoms with Crippen molar-refractivity contribution in [1.82, 2.24) is 0 Å². The van der Waals surface area contributed by atoms with Crippen LogP contribution < -0.4 is 0 Å². The minimum atomic E-state index is -0.800. The Hall–Kier alpha value is 0.430. The van der Waals surface area contributed by atoms with Gasteiger partial charge in [-0.3, -0.25) is 0 Å². The fourth-order valence-corrected chi connectivity index (χ4v) is 11.4. The number of unbranched alkanes of at least 4 members (excludes halogenated alkanes) is 15. The highest BCUT2D eigenvalue weighted by Gasteiger charge is 2.46. The van der Waals surface area contributed by atoms with Gasteiger partial charge in [0.05, 0.1) is 23.1 Å². The zero-order chi connectivity index (χ0) is 21.3. The van der Waals surface area contributed by atoms with E-state index in [1.165, 1.54) is 103 Å². The van der Waals surface area contributed by atoms with Gasteiger partial charge in [0.25, 0.3) is 0 Å². The van der Waals surface area contributed by atoms with Crippen LogP contribution in [0.3, 0.4) is 0 Å². The molecule has 0 saturated heterocycles. The van der Waals surface area contributed by atoms with Gasteiger partial charge in [-0.2, -0.15) is 0 Å². The molecular formula is C27H58P+. The molecule has 0 heterocycles. The second-order valence-corrected chi connectivity index (χ2v) is 15.8. The third kappa shape index (κ3) is 12.2. The third-order valence-corrected chi connectivity index (χ3v) is 14.1. The average Bonchev–Trinajstić information content (AvgIpc) is 2.63. The molecule has 0 aliphatic heterocycles. The summed E-state index contributed by atoms with van der Waals surface area (Å²) in [4.78, 5) is 0. The van der Waals surface area contributed by atoms with Crippen molar-refractivity contribution >= 4 is 7.26 Å². The summed E-state index contributed by atoms with van der Waals surface area (Å²) in [5, 5.41) is 0. The Morgan fingerprint density at radius 2 is 0.643 bits per heavy atom. The Kier molecular flexibility index (Phi) is 18.5. The molecule has 0 aliphatic carbocycles. The molecule has 0 spiro atoms. The summed E-state index contributed by atoms with van der Waals surface area (Å²) in [6, 6.07) is 0. The fraction of sp³-hybridized carbons (Fsp3) is 1.00. The zero-order valence-corrected chi connectivity index (χ0v) is 22.1. The highest BCUT2D eigenvalue weighted by atomic mass is 31.2. The Bertz CT molecular complexity index is 296. The van der Waals surface area contributed by atoms with Crippen LogP contribution in [0.15, 0.2) is 0 Å². The molecule has 0 rings (SSSR count). The number of hydrogen-bond acceptors (Lipinski definition) is 0. The molecule has 0 N–H and O–H groups in total. The summed E-state index contributed by atoms with van der Waals surface area (Å²) < 4.78 is 0. The van der Waals surface area contributed by atoms with Crippen molar-refractivity contribution in [3.05, 3.63) is 0 Å². The highest BCUT2D eigenvalue weighted by Crippen LogP contribution is 2.70. The lowest BCUT2D eigenvalue weighted by atomic mass is 10.0. The largest absolute Gasteiger partial charge is 0.0654 e. The summed E-state index contributed by atoms with van der Waals surface area (Å²) in [5.74, 6) is 0. The molecule has 0 amide bonds. The molecule has 170 valence electrons. The molecule has 0 aliphatic rings. The van der Waals surface area contributed by atoms with Gasteiger partial charge in [-0.1, -0.05) is 96.8 Å². The van der Waals surface area contributed by atoms with Crippen molar-refractivity contribution in [3.63, 3.8) is 0 Å². The Morgan fingerprint density at radius 3 is 0.893 bits per heavy atom. The van der Waals surface area contributed by atoms with E-state index in [1.54, 1.807) is 6.16 Å². The molecule has 0 nitrogen and oxygen atoms in total. The normalized spacial score (nSPS) is 12.6. The lowest BCUT2D eigenvalue weighted by Crippen LogP contribution is -2.26. The van der Waals surface area contributed by atoms with Crippen molar-refractivity contribution < 1.29 is 0 Å². The van der Waals surface area contributed by atoms with Crippen LogP contribution in [0.2, 0.25) is 0 Å². The zero-order valence-electron chi connectivity index (χ0n) is 21.2. The predicted molar refractivity (Wildman–Crippen MR) is 137 cm³/mol. The average molecular weight is 414 g/mol. The lowest BCUT2D eigenvalue weighted by Gasteiger charge is -2.38. The van der Waals surface area contributed by atoms with Crippen molar-refractivity contribution in [2.45, 2.75) is 168 Å². The molecule has 0 fully saturated rings. The van der Waals surface area contributed by atoms with Crippen molar-refractivity contribution in [1.29, 1.82) is 0 Å². The fourth-order valence-electron chi connectivity index (χ4n) is 5.50. The molecule has 0 aromatic carbocycles. The van der Waals surface area contributed by atoms with E-state index in [4.69, 9.17) is 0 Å². The maximum atomic E-state index is 2.50. The van der Waals surface area contributed by atoms with Crippen LogP contribution >= 0.6 is 7.26 Å². The minimum Gasteiger partial charge on any atom is -0.0654 e. The minimum absolute atomic E-state index is 0.800. The molecule has 0 atom stereocenters. The molecular weight excluding hydrogens is 355 g/mol. The summed E-state index contributed by atoms with van der Waals surface area (Å²) in [6.07, 6.45) is 25.1. The number of rotatable bonds is 20. The first-order valence-corrected chi connectivity index (χ1v) is 15.4. The summed E-state index contributed by atoms with van der Waals surface area (Å²) in [6.45, 7) is 17.3. The van der Waals surface area contributed by atoms with Crippen molar-refractivity contribution in [2.24, 2.45) is 0 Å². The van der Waals surface area contributed by atoms with Crippen LogP contribution in [0.25, 0.3) is 0 Å². The Morgan fingerprint density at radius 1 is 0.393 bits per heavy atom. The molecule has 0 aromatic heterocycles. The molecule has 1 heteroatoms. The van der Waals surface area contributed by atoms with Gasteiger partial charge in [0, 0.05) is 7.26 Å². The third-order valence-electron chi connectivity index (χ3n) is 7.28. The van der Waals surface area contributed by atoms with Gasteiger partial charge in [-0.05, 0) is 54.4 Å². The van der Waals surface area contributed by atoms with E-state index in [-0.39, 0.29) is 0 Å². The van der Waals surface area contributed by atoms with Gasteiger partial charge in [0.1, 0.15) is 0 Å². The lowest BCUT2D eigenvalue weighted by molar-refractivity contribution is 0.531. The molecule has 0 saturated carbocycles. The standard InChI is InChI=1S/C27H58P/c1-8-9-10-11-12-13-14-15-16-17-18-19-20-21-22-23-24-28(25(2)3,26(4)5)27(6)7/h25-27H,8-24H2,1-7H3/q+1. The van der Waals surface area contributed by atoms with E-state index < -0.39 is 7.26 Å². The van der Waals surface area contributed by atoms with Crippen LogP contribution in [-0.4, -0.2) is 23.1 Å². The van der Waals surface area contributed by atoms with E-state index >= 15 is 0 Å². The van der Waals surface area contributed by atoms with Crippen LogP contribution in [0.4, 0.5) is 0 Å².